The number of rotatable bonds is 4. The summed E-state index contributed by atoms with van der Waals surface area (Å²) in [5.41, 5.74) is 1.61. The lowest BCUT2D eigenvalue weighted by Crippen LogP contribution is -2.71. The number of carbonyl (C=O) groups excluding carboxylic acids is 1. The molecule has 1 amide bonds. The van der Waals surface area contributed by atoms with Gasteiger partial charge in [-0.15, -0.1) is 0 Å². The monoisotopic (exact) mass is 366 g/mol. The summed E-state index contributed by atoms with van der Waals surface area (Å²) in [7, 11) is 0. The van der Waals surface area contributed by atoms with Crippen LogP contribution in [0.15, 0.2) is 36.7 Å². The summed E-state index contributed by atoms with van der Waals surface area (Å²) in [6.45, 7) is 3.06. The lowest BCUT2D eigenvalue weighted by Gasteiger charge is -2.53. The fourth-order valence-corrected chi connectivity index (χ4v) is 4.99. The second-order valence-corrected chi connectivity index (χ2v) is 7.89. The topological polar surface area (TPSA) is 70.2 Å². The first-order valence-electron chi connectivity index (χ1n) is 10.1. The third-order valence-corrected chi connectivity index (χ3v) is 6.36. The third-order valence-electron chi connectivity index (χ3n) is 6.36. The minimum atomic E-state index is 0.000709. The average Bonchev–Trinajstić information content (AvgIpc) is 3.38. The van der Waals surface area contributed by atoms with Gasteiger partial charge in [0.2, 0.25) is 0 Å². The van der Waals surface area contributed by atoms with E-state index in [-0.39, 0.29) is 11.9 Å². The Balaban J connectivity index is 1.33. The average molecular weight is 366 g/mol. The fraction of sp³-hybridized carbons (Fsp3) is 0.524. The minimum absolute atomic E-state index is 0.000709. The summed E-state index contributed by atoms with van der Waals surface area (Å²) in [5, 5.41) is 3.33. The molecule has 2 N–H and O–H groups in total. The van der Waals surface area contributed by atoms with Crippen LogP contribution in [0.25, 0.3) is 11.4 Å². The van der Waals surface area contributed by atoms with Crippen LogP contribution in [0.5, 0.6) is 0 Å². The third kappa shape index (κ3) is 3.07. The number of aromatic nitrogens is 2. The number of nitrogens with zero attached hydrogens (tertiary/aromatic N) is 2. The van der Waals surface area contributed by atoms with Crippen molar-refractivity contribution in [2.75, 3.05) is 19.7 Å². The molecule has 0 spiro atoms. The molecule has 3 heterocycles. The number of ether oxygens (including phenoxy) is 1. The Morgan fingerprint density at radius 2 is 2.15 bits per heavy atom. The van der Waals surface area contributed by atoms with Gasteiger partial charge < -0.3 is 15.0 Å². The van der Waals surface area contributed by atoms with Gasteiger partial charge in [0.25, 0.3) is 5.91 Å². The maximum atomic E-state index is 13.0. The Morgan fingerprint density at radius 3 is 2.96 bits per heavy atom. The summed E-state index contributed by atoms with van der Waals surface area (Å²) in [4.78, 5) is 22.9. The van der Waals surface area contributed by atoms with Crippen LogP contribution >= 0.6 is 0 Å². The van der Waals surface area contributed by atoms with Crippen molar-refractivity contribution in [2.45, 2.75) is 43.9 Å². The van der Waals surface area contributed by atoms with Gasteiger partial charge >= 0.3 is 0 Å². The first-order valence-corrected chi connectivity index (χ1v) is 10.1. The van der Waals surface area contributed by atoms with Crippen molar-refractivity contribution in [2.24, 2.45) is 5.92 Å². The zero-order valence-corrected chi connectivity index (χ0v) is 15.4. The van der Waals surface area contributed by atoms with Crippen molar-refractivity contribution in [3.05, 3.63) is 42.2 Å². The molecule has 2 aromatic rings. The van der Waals surface area contributed by atoms with Gasteiger partial charge in [0.05, 0.1) is 18.2 Å². The van der Waals surface area contributed by atoms with E-state index >= 15 is 0 Å². The Kier molecular flexibility index (Phi) is 4.45. The van der Waals surface area contributed by atoms with Crippen molar-refractivity contribution in [3.63, 3.8) is 0 Å². The van der Waals surface area contributed by atoms with Crippen molar-refractivity contribution in [1.29, 1.82) is 0 Å². The van der Waals surface area contributed by atoms with Gasteiger partial charge in [-0.3, -0.25) is 9.69 Å². The maximum Gasteiger partial charge on any atom is 0.251 e. The molecule has 2 saturated heterocycles. The van der Waals surface area contributed by atoms with Crippen molar-refractivity contribution < 1.29 is 9.53 Å². The number of benzene rings is 1. The molecule has 0 radical (unpaired) electrons. The summed E-state index contributed by atoms with van der Waals surface area (Å²) in [5.74, 6) is 1.23. The lowest BCUT2D eigenvalue weighted by molar-refractivity contribution is -0.0862. The fourth-order valence-electron chi connectivity index (χ4n) is 4.99. The highest BCUT2D eigenvalue weighted by molar-refractivity contribution is 5.95. The largest absolute Gasteiger partial charge is 0.376 e. The second-order valence-electron chi connectivity index (χ2n) is 7.89. The molecule has 3 aliphatic rings. The van der Waals surface area contributed by atoms with E-state index in [1.165, 1.54) is 19.3 Å². The van der Waals surface area contributed by atoms with Crippen molar-refractivity contribution in [1.82, 2.24) is 20.2 Å². The molecule has 1 aromatic heterocycles. The van der Waals surface area contributed by atoms with Crippen LogP contribution in [0, 0.1) is 5.92 Å². The van der Waals surface area contributed by atoms with E-state index < -0.39 is 0 Å². The minimum Gasteiger partial charge on any atom is -0.376 e. The molecular weight excluding hydrogens is 340 g/mol. The zero-order valence-electron chi connectivity index (χ0n) is 15.4. The Morgan fingerprint density at radius 1 is 1.26 bits per heavy atom. The number of fused-ring (bicyclic) bond motifs is 1. The number of likely N-dealkylation sites (tertiary alicyclic amines) is 1. The number of aromatic amines is 1. The molecule has 5 rings (SSSR count). The summed E-state index contributed by atoms with van der Waals surface area (Å²) in [6.07, 6.45) is 8.67. The van der Waals surface area contributed by atoms with E-state index in [1.54, 1.807) is 12.4 Å². The van der Waals surface area contributed by atoms with Gasteiger partial charge in [0.15, 0.2) is 0 Å². The van der Waals surface area contributed by atoms with Gasteiger partial charge in [-0.25, -0.2) is 4.98 Å². The van der Waals surface area contributed by atoms with Crippen LogP contribution in [0.2, 0.25) is 0 Å². The molecule has 2 aliphatic heterocycles. The number of carbonyl (C=O) groups is 1. The number of H-pyrrole nitrogens is 1. The van der Waals surface area contributed by atoms with Gasteiger partial charge in [0.1, 0.15) is 5.82 Å². The van der Waals surface area contributed by atoms with E-state index in [0.717, 1.165) is 37.5 Å². The Hall–Kier alpha value is -2.18. The number of imidazole rings is 1. The molecule has 1 aliphatic carbocycles. The highest BCUT2D eigenvalue weighted by atomic mass is 16.5. The molecule has 4 atom stereocenters. The lowest BCUT2D eigenvalue weighted by atomic mass is 9.70. The summed E-state index contributed by atoms with van der Waals surface area (Å²) < 4.78 is 6.00. The van der Waals surface area contributed by atoms with Crippen LogP contribution < -0.4 is 5.32 Å². The highest BCUT2D eigenvalue weighted by Crippen LogP contribution is 2.42. The number of hydrogen-bond acceptors (Lipinski definition) is 4. The number of amides is 1. The van der Waals surface area contributed by atoms with Crippen LogP contribution in [-0.4, -0.2) is 58.7 Å². The second kappa shape index (κ2) is 7.09. The van der Waals surface area contributed by atoms with E-state index in [9.17, 15) is 4.79 Å². The molecule has 27 heavy (non-hydrogen) atoms. The van der Waals surface area contributed by atoms with E-state index in [2.05, 4.69) is 20.2 Å². The number of nitrogens with one attached hydrogen (secondary N) is 2. The van der Waals surface area contributed by atoms with E-state index in [1.807, 2.05) is 24.3 Å². The highest BCUT2D eigenvalue weighted by Gasteiger charge is 2.56. The molecule has 1 saturated carbocycles. The Labute approximate surface area is 159 Å². The SMILES string of the molecule is O=C(N[C@H]1[C@H]2CCO[C@H]2[C@@H]1N1CCCCC1)c1cccc(-c2ncc[nH]2)c1. The quantitative estimate of drug-likeness (QED) is 0.872. The van der Waals surface area contributed by atoms with Gasteiger partial charge in [0, 0.05) is 36.0 Å². The summed E-state index contributed by atoms with van der Waals surface area (Å²) >= 11 is 0. The van der Waals surface area contributed by atoms with Gasteiger partial charge in [-0.1, -0.05) is 18.6 Å². The number of piperidine rings is 1. The smallest absolute Gasteiger partial charge is 0.251 e. The molecule has 0 bridgehead atoms. The van der Waals surface area contributed by atoms with Crippen LogP contribution in [0.1, 0.15) is 36.0 Å². The van der Waals surface area contributed by atoms with E-state index in [4.69, 9.17) is 4.74 Å². The van der Waals surface area contributed by atoms with Crippen LogP contribution in [0.3, 0.4) is 0 Å². The molecule has 0 unspecified atom stereocenters. The van der Waals surface area contributed by atoms with Gasteiger partial charge in [-0.05, 0) is 44.5 Å². The molecular formula is C21H26N4O2. The van der Waals surface area contributed by atoms with Crippen molar-refractivity contribution in [3.8, 4) is 11.4 Å². The first-order chi connectivity index (χ1) is 13.3. The maximum absolute atomic E-state index is 13.0. The molecule has 142 valence electrons. The predicted molar refractivity (Wildman–Crippen MR) is 102 cm³/mol. The van der Waals surface area contributed by atoms with Crippen molar-refractivity contribution >= 4 is 5.91 Å². The Bertz CT molecular complexity index is 800. The first kappa shape index (κ1) is 17.0. The molecule has 3 fully saturated rings. The molecule has 1 aromatic carbocycles. The van der Waals surface area contributed by atoms with E-state index in [0.29, 0.717) is 23.6 Å². The normalized spacial score (nSPS) is 30.5. The van der Waals surface area contributed by atoms with Crippen LogP contribution in [-0.2, 0) is 4.74 Å². The standard InChI is InChI=1S/C21H26N4O2/c26-21(15-6-4-5-14(13-15)20-22-8-9-23-20)24-17-16-7-12-27-19(16)18(17)25-10-2-1-3-11-25/h4-6,8-9,13,16-19H,1-3,7,10-12H2,(H,22,23)(H,24,26)/t16-,17+,18-,19-/m1/s1. The summed E-state index contributed by atoms with van der Waals surface area (Å²) in [6, 6.07) is 8.18. The zero-order chi connectivity index (χ0) is 18.2. The van der Waals surface area contributed by atoms with Gasteiger partial charge in [-0.2, -0.15) is 0 Å². The molecule has 6 heteroatoms. The van der Waals surface area contributed by atoms with Crippen LogP contribution in [0.4, 0.5) is 0 Å². The predicted octanol–water partition coefficient (Wildman–Crippen LogP) is 2.45. The number of hydrogen-bond donors (Lipinski definition) is 2. The molecule has 6 nitrogen and oxygen atoms in total.